The zero-order chi connectivity index (χ0) is 65.3. The molecule has 514 valence electrons. The lowest BCUT2D eigenvalue weighted by Gasteiger charge is -2.21. The van der Waals surface area contributed by atoms with E-state index in [4.69, 9.17) is 32.3 Å². The number of rotatable bonds is 65. The maximum absolute atomic E-state index is 12.9. The van der Waals surface area contributed by atoms with Crippen LogP contribution in [0, 0.1) is 0 Å². The highest BCUT2D eigenvalue weighted by molar-refractivity contribution is 7.47. The van der Waals surface area contributed by atoms with Gasteiger partial charge in [-0.25, -0.2) is 9.13 Å². The fourth-order valence-corrected chi connectivity index (χ4v) is 10.6. The van der Waals surface area contributed by atoms with Crippen LogP contribution in [0.5, 0.6) is 0 Å². The van der Waals surface area contributed by atoms with E-state index in [9.17, 15) is 43.5 Å². The fraction of sp³-hybridized carbons (Fsp3) is 0.732. The number of phosphoric acid groups is 2. The van der Waals surface area contributed by atoms with E-state index in [1.54, 1.807) is 0 Å². The van der Waals surface area contributed by atoms with E-state index in [2.05, 4.69) is 118 Å². The fourth-order valence-electron chi connectivity index (χ4n) is 9.02. The number of hydrogen-bond donors (Lipinski definition) is 4. The number of carbonyl (C=O) groups is 3. The molecule has 0 aromatic carbocycles. The van der Waals surface area contributed by atoms with Gasteiger partial charge in [-0.05, 0) is 103 Å². The molecule has 0 radical (unpaired) electrons. The summed E-state index contributed by atoms with van der Waals surface area (Å²) >= 11 is 0. The second-order valence-corrected chi connectivity index (χ2v) is 25.9. The number of hydrogen-bond acceptors (Lipinski definition) is 14. The SMILES string of the molecule is CC/C=C\C/C=C\C/C=C\C/C=C\CCCCCCC(=O)OCC(COP(=O)(O)OCC(O)COP(=O)(O)OCC(O)COC(=O)CCCCCCC/C=C\C/C=C\C/C=C\C/C=C\CCCCC)OC(=O)CCCCCCCCCCCCCCCCC. The van der Waals surface area contributed by atoms with Crippen molar-refractivity contribution in [2.45, 2.75) is 296 Å². The van der Waals surface area contributed by atoms with E-state index < -0.39 is 91.5 Å². The predicted octanol–water partition coefficient (Wildman–Crippen LogP) is 19.1. The van der Waals surface area contributed by atoms with Crippen LogP contribution in [0.25, 0.3) is 0 Å². The number of aliphatic hydroxyl groups is 2. The Morgan fingerprint density at radius 2 is 0.596 bits per heavy atom. The van der Waals surface area contributed by atoms with E-state index in [0.717, 1.165) is 128 Å². The molecule has 0 saturated heterocycles. The zero-order valence-electron chi connectivity index (χ0n) is 55.6. The topological polar surface area (TPSA) is 231 Å². The van der Waals surface area contributed by atoms with Crippen LogP contribution in [-0.2, 0) is 55.8 Å². The summed E-state index contributed by atoms with van der Waals surface area (Å²) < 4.78 is 60.9. The van der Waals surface area contributed by atoms with Gasteiger partial charge in [-0.15, -0.1) is 0 Å². The van der Waals surface area contributed by atoms with Crippen LogP contribution in [0.15, 0.2) is 97.2 Å². The van der Waals surface area contributed by atoms with Crippen molar-refractivity contribution in [2.75, 3.05) is 39.6 Å². The molecule has 0 heterocycles. The molecule has 16 nitrogen and oxygen atoms in total. The highest BCUT2D eigenvalue weighted by atomic mass is 31.2. The van der Waals surface area contributed by atoms with Crippen molar-refractivity contribution in [1.82, 2.24) is 0 Å². The van der Waals surface area contributed by atoms with Crippen LogP contribution in [0.2, 0.25) is 0 Å². The number of allylic oxidation sites excluding steroid dienone is 16. The van der Waals surface area contributed by atoms with Gasteiger partial charge in [0.1, 0.15) is 25.4 Å². The molecule has 0 aliphatic carbocycles. The standard InChI is InChI=1S/C71H124O16P2/c1-4-7-10-13-16-19-22-25-28-30-31-32-33-35-38-39-42-45-48-51-54-57-69(74)81-60-66(72)61-83-88(77,78)84-62-67(73)63-85-89(79,80)86-65-68(87-71(76)59-56-53-50-47-44-41-36-27-24-21-18-15-12-9-6-3)64-82-70(75)58-55-52-49-46-43-40-37-34-29-26-23-20-17-14-11-8-5-2/h8,11,16-17,19-20,25-26,28-29,31-32,35,37-38,40,66-68,72-73H,4-7,9-10,12-15,18,21-24,27,30,33-34,36,39,41-65H2,1-3H3,(H,77,78)(H,79,80)/b11-8-,19-16-,20-17-,28-25-,29-26-,32-31-,38-35-,40-37-. The number of phosphoric ester groups is 2. The Balaban J connectivity index is 4.68. The van der Waals surface area contributed by atoms with Crippen LogP contribution >= 0.6 is 15.6 Å². The Labute approximate surface area is 539 Å². The third-order valence-electron chi connectivity index (χ3n) is 14.3. The summed E-state index contributed by atoms with van der Waals surface area (Å²) in [5.74, 6) is -1.61. The molecule has 4 N–H and O–H groups in total. The van der Waals surface area contributed by atoms with E-state index >= 15 is 0 Å². The third-order valence-corrected chi connectivity index (χ3v) is 16.2. The van der Waals surface area contributed by atoms with Gasteiger partial charge in [0.15, 0.2) is 6.10 Å². The second-order valence-electron chi connectivity index (χ2n) is 23.0. The second kappa shape index (κ2) is 64.6. The van der Waals surface area contributed by atoms with Gasteiger partial charge in [-0.1, -0.05) is 253 Å². The molecule has 0 aromatic heterocycles. The predicted molar refractivity (Wildman–Crippen MR) is 362 cm³/mol. The van der Waals surface area contributed by atoms with E-state index in [-0.39, 0.29) is 19.3 Å². The lowest BCUT2D eigenvalue weighted by atomic mass is 10.0. The first-order valence-corrected chi connectivity index (χ1v) is 37.5. The van der Waals surface area contributed by atoms with Crippen molar-refractivity contribution in [2.24, 2.45) is 0 Å². The highest BCUT2D eigenvalue weighted by Crippen LogP contribution is 2.45. The molecule has 5 atom stereocenters. The van der Waals surface area contributed by atoms with Crippen LogP contribution in [0.1, 0.15) is 278 Å². The smallest absolute Gasteiger partial charge is 0.463 e. The van der Waals surface area contributed by atoms with Gasteiger partial charge in [0.05, 0.1) is 26.4 Å². The average molecular weight is 1300 g/mol. The van der Waals surface area contributed by atoms with Gasteiger partial charge in [-0.3, -0.25) is 32.5 Å². The Hall–Kier alpha value is -3.53. The number of ether oxygens (including phenoxy) is 3. The van der Waals surface area contributed by atoms with Crippen molar-refractivity contribution in [3.05, 3.63) is 97.2 Å². The lowest BCUT2D eigenvalue weighted by molar-refractivity contribution is -0.161. The number of esters is 3. The molecule has 0 spiro atoms. The van der Waals surface area contributed by atoms with Gasteiger partial charge >= 0.3 is 33.6 Å². The van der Waals surface area contributed by atoms with Gasteiger partial charge in [0.2, 0.25) is 0 Å². The minimum atomic E-state index is -4.93. The van der Waals surface area contributed by atoms with E-state index in [1.807, 2.05) is 0 Å². The van der Waals surface area contributed by atoms with E-state index in [0.29, 0.717) is 19.3 Å². The number of aliphatic hydroxyl groups excluding tert-OH is 2. The monoisotopic (exact) mass is 1290 g/mol. The largest absolute Gasteiger partial charge is 0.472 e. The van der Waals surface area contributed by atoms with Crippen LogP contribution < -0.4 is 0 Å². The Morgan fingerprint density at radius 1 is 0.326 bits per heavy atom. The summed E-state index contributed by atoms with van der Waals surface area (Å²) in [6.07, 6.45) is 70.2. The van der Waals surface area contributed by atoms with Crippen LogP contribution in [0.3, 0.4) is 0 Å². The molecule has 0 saturated carbocycles. The van der Waals surface area contributed by atoms with Crippen molar-refractivity contribution in [1.29, 1.82) is 0 Å². The van der Waals surface area contributed by atoms with Gasteiger partial charge in [0, 0.05) is 19.3 Å². The summed E-state index contributed by atoms with van der Waals surface area (Å²) in [6, 6.07) is 0. The van der Waals surface area contributed by atoms with Crippen molar-refractivity contribution in [3.8, 4) is 0 Å². The third kappa shape index (κ3) is 65.8. The van der Waals surface area contributed by atoms with Gasteiger partial charge in [-0.2, -0.15) is 0 Å². The van der Waals surface area contributed by atoms with Crippen LogP contribution in [-0.4, -0.2) is 95.9 Å². The average Bonchev–Trinajstić information content (AvgIpc) is 3.73. The molecule has 0 aromatic rings. The molecule has 89 heavy (non-hydrogen) atoms. The summed E-state index contributed by atoms with van der Waals surface area (Å²) in [7, 11) is -9.78. The normalized spacial score (nSPS) is 14.8. The van der Waals surface area contributed by atoms with Crippen LogP contribution in [0.4, 0.5) is 0 Å². The Bertz CT molecular complexity index is 2010. The molecular weight excluding hydrogens is 1170 g/mol. The van der Waals surface area contributed by atoms with Crippen molar-refractivity contribution < 1.29 is 75.8 Å². The van der Waals surface area contributed by atoms with Gasteiger partial charge < -0.3 is 34.2 Å². The summed E-state index contributed by atoms with van der Waals surface area (Å²) in [5, 5.41) is 20.5. The van der Waals surface area contributed by atoms with Crippen molar-refractivity contribution in [3.63, 3.8) is 0 Å². The molecule has 0 aliphatic rings. The maximum Gasteiger partial charge on any atom is 0.472 e. The Kier molecular flexibility index (Phi) is 62.0. The molecule has 5 unspecified atom stereocenters. The first-order chi connectivity index (χ1) is 43.2. The van der Waals surface area contributed by atoms with Gasteiger partial charge in [0.25, 0.3) is 0 Å². The Morgan fingerprint density at radius 3 is 0.966 bits per heavy atom. The molecule has 0 amide bonds. The summed E-state index contributed by atoms with van der Waals surface area (Å²) in [5.41, 5.74) is 0. The van der Waals surface area contributed by atoms with E-state index in [1.165, 1.54) is 89.9 Å². The number of carbonyl (C=O) groups excluding carboxylic acids is 3. The quantitative estimate of drug-likeness (QED) is 0.0146. The molecule has 0 fully saturated rings. The van der Waals surface area contributed by atoms with Crippen molar-refractivity contribution >= 4 is 33.6 Å². The first-order valence-electron chi connectivity index (χ1n) is 34.5. The molecule has 0 bridgehead atoms. The molecule has 0 rings (SSSR count). The maximum atomic E-state index is 12.9. The number of unbranched alkanes of at least 4 members (excludes halogenated alkanes) is 26. The lowest BCUT2D eigenvalue weighted by Crippen LogP contribution is -2.30. The summed E-state index contributed by atoms with van der Waals surface area (Å²) in [6.45, 7) is 2.49. The minimum Gasteiger partial charge on any atom is -0.463 e. The first kappa shape index (κ1) is 85.5. The zero-order valence-corrected chi connectivity index (χ0v) is 57.4. The molecule has 0 aliphatic heterocycles. The minimum absolute atomic E-state index is 0.101. The molecular formula is C71H124O16P2. The molecule has 18 heteroatoms. The summed E-state index contributed by atoms with van der Waals surface area (Å²) in [4.78, 5) is 58.4. The highest BCUT2D eigenvalue weighted by Gasteiger charge is 2.29.